The minimum Gasteiger partial charge on any atom is -0.346 e. The summed E-state index contributed by atoms with van der Waals surface area (Å²) in [5.74, 6) is -0.669. The number of amides is 1. The predicted octanol–water partition coefficient (Wildman–Crippen LogP) is 4.77. The number of anilines is 1. The summed E-state index contributed by atoms with van der Waals surface area (Å²) >= 11 is 5.78. The van der Waals surface area contributed by atoms with E-state index in [9.17, 15) is 17.6 Å². The van der Waals surface area contributed by atoms with Crippen molar-refractivity contribution in [3.8, 4) is 0 Å². The Kier molecular flexibility index (Phi) is 6.20. The Balaban J connectivity index is 1.67. The fourth-order valence-corrected chi connectivity index (χ4v) is 3.82. The van der Waals surface area contributed by atoms with Gasteiger partial charge < -0.3 is 5.32 Å². The number of rotatable bonds is 6. The van der Waals surface area contributed by atoms with E-state index < -0.39 is 10.0 Å². The first-order valence-electron chi connectivity index (χ1n) is 8.69. The highest BCUT2D eigenvalue weighted by molar-refractivity contribution is 7.92. The highest BCUT2D eigenvalue weighted by atomic mass is 35.5. The molecule has 29 heavy (non-hydrogen) atoms. The number of hydrogen-bond acceptors (Lipinski definition) is 3. The molecule has 0 aliphatic rings. The molecule has 1 amide bonds. The maximum atomic E-state index is 13.0. The molecular formula is C21H18ClFN2O3S. The van der Waals surface area contributed by atoms with Gasteiger partial charge in [-0.15, -0.1) is 0 Å². The van der Waals surface area contributed by atoms with Gasteiger partial charge in [0.2, 0.25) is 0 Å². The normalized spacial score (nSPS) is 12.2. The quantitative estimate of drug-likeness (QED) is 0.589. The average molecular weight is 433 g/mol. The second-order valence-corrected chi connectivity index (χ2v) is 8.50. The lowest BCUT2D eigenvalue weighted by Gasteiger charge is -2.15. The molecule has 0 radical (unpaired) electrons. The van der Waals surface area contributed by atoms with Gasteiger partial charge in [0, 0.05) is 16.3 Å². The highest BCUT2D eigenvalue weighted by Crippen LogP contribution is 2.19. The molecular weight excluding hydrogens is 415 g/mol. The van der Waals surface area contributed by atoms with Gasteiger partial charge in [-0.3, -0.25) is 9.52 Å². The molecule has 3 rings (SSSR count). The van der Waals surface area contributed by atoms with Crippen molar-refractivity contribution in [1.82, 2.24) is 5.32 Å². The number of halogens is 2. The fourth-order valence-electron chi connectivity index (χ4n) is 2.63. The molecule has 0 aliphatic carbocycles. The summed E-state index contributed by atoms with van der Waals surface area (Å²) in [7, 11) is -3.76. The van der Waals surface area contributed by atoms with Gasteiger partial charge in [-0.2, -0.15) is 0 Å². The second-order valence-electron chi connectivity index (χ2n) is 6.38. The summed E-state index contributed by atoms with van der Waals surface area (Å²) < 4.78 is 40.3. The number of hydrogen-bond donors (Lipinski definition) is 2. The third-order valence-corrected chi connectivity index (χ3v) is 5.89. The second kappa shape index (κ2) is 8.63. The van der Waals surface area contributed by atoms with E-state index in [4.69, 9.17) is 11.6 Å². The summed E-state index contributed by atoms with van der Waals surface area (Å²) in [4.78, 5) is 12.5. The molecule has 3 aromatic rings. The van der Waals surface area contributed by atoms with E-state index in [0.717, 1.165) is 5.56 Å². The number of nitrogens with one attached hydrogen (secondary N) is 2. The van der Waals surface area contributed by atoms with E-state index in [1.165, 1.54) is 60.7 Å². The van der Waals surface area contributed by atoms with Crippen LogP contribution in [0.1, 0.15) is 28.9 Å². The van der Waals surface area contributed by atoms with Crippen LogP contribution >= 0.6 is 11.6 Å². The number of carbonyl (C=O) groups is 1. The number of sulfonamides is 1. The van der Waals surface area contributed by atoms with Crippen LogP contribution in [-0.2, 0) is 10.0 Å². The zero-order valence-corrected chi connectivity index (χ0v) is 17.0. The third kappa shape index (κ3) is 5.34. The Morgan fingerprint density at radius 2 is 1.52 bits per heavy atom. The Morgan fingerprint density at radius 3 is 2.10 bits per heavy atom. The average Bonchev–Trinajstić information content (AvgIpc) is 2.69. The Labute approximate surface area is 173 Å². The third-order valence-electron chi connectivity index (χ3n) is 4.24. The predicted molar refractivity (Wildman–Crippen MR) is 111 cm³/mol. The fraction of sp³-hybridized carbons (Fsp3) is 0.0952. The molecule has 0 heterocycles. The summed E-state index contributed by atoms with van der Waals surface area (Å²) in [6.45, 7) is 1.79. The monoisotopic (exact) mass is 432 g/mol. The van der Waals surface area contributed by atoms with Crippen LogP contribution in [0.25, 0.3) is 0 Å². The van der Waals surface area contributed by atoms with E-state index in [-0.39, 0.29) is 22.7 Å². The first kappa shape index (κ1) is 20.8. The van der Waals surface area contributed by atoms with Crippen LogP contribution in [0, 0.1) is 5.82 Å². The zero-order chi connectivity index (χ0) is 21.0. The van der Waals surface area contributed by atoms with Crippen molar-refractivity contribution in [3.63, 3.8) is 0 Å². The first-order valence-corrected chi connectivity index (χ1v) is 10.6. The van der Waals surface area contributed by atoms with Gasteiger partial charge in [-0.05, 0) is 73.2 Å². The molecule has 3 aromatic carbocycles. The summed E-state index contributed by atoms with van der Waals surface area (Å²) in [6, 6.07) is 17.4. The molecule has 0 aromatic heterocycles. The van der Waals surface area contributed by atoms with Crippen LogP contribution in [0.15, 0.2) is 77.7 Å². The van der Waals surface area contributed by atoms with Crippen LogP contribution in [0.4, 0.5) is 10.1 Å². The van der Waals surface area contributed by atoms with E-state index >= 15 is 0 Å². The van der Waals surface area contributed by atoms with Gasteiger partial charge in [-0.25, -0.2) is 12.8 Å². The molecule has 0 saturated carbocycles. The smallest absolute Gasteiger partial charge is 0.261 e. The lowest BCUT2D eigenvalue weighted by molar-refractivity contribution is 0.0940. The first-order chi connectivity index (χ1) is 13.7. The molecule has 0 saturated heterocycles. The van der Waals surface area contributed by atoms with Crippen molar-refractivity contribution >= 4 is 33.2 Å². The van der Waals surface area contributed by atoms with Gasteiger partial charge in [0.05, 0.1) is 10.9 Å². The Bertz CT molecular complexity index is 1100. The van der Waals surface area contributed by atoms with E-state index in [0.29, 0.717) is 16.3 Å². The molecule has 0 bridgehead atoms. The molecule has 0 spiro atoms. The maximum Gasteiger partial charge on any atom is 0.261 e. The van der Waals surface area contributed by atoms with Crippen molar-refractivity contribution in [3.05, 3.63) is 94.8 Å². The molecule has 0 unspecified atom stereocenters. The SMILES string of the molecule is C[C@H](NC(=O)c1ccc(NS(=O)(=O)c2ccc(Cl)cc2)cc1)c1ccc(F)cc1. The molecule has 1 atom stereocenters. The van der Waals surface area contributed by atoms with Crippen molar-refractivity contribution in [2.75, 3.05) is 4.72 Å². The van der Waals surface area contributed by atoms with Crippen LogP contribution in [0.2, 0.25) is 5.02 Å². The van der Waals surface area contributed by atoms with Gasteiger partial charge in [0.15, 0.2) is 0 Å². The van der Waals surface area contributed by atoms with Crippen LogP contribution in [0.5, 0.6) is 0 Å². The lowest BCUT2D eigenvalue weighted by atomic mass is 10.1. The Morgan fingerprint density at radius 1 is 0.931 bits per heavy atom. The summed E-state index contributed by atoms with van der Waals surface area (Å²) in [5, 5.41) is 3.26. The van der Waals surface area contributed by atoms with Crippen molar-refractivity contribution in [1.29, 1.82) is 0 Å². The van der Waals surface area contributed by atoms with Gasteiger partial charge in [0.25, 0.3) is 15.9 Å². The van der Waals surface area contributed by atoms with Gasteiger partial charge in [-0.1, -0.05) is 23.7 Å². The molecule has 2 N–H and O–H groups in total. The standard InChI is InChI=1S/C21H18ClFN2O3S/c1-14(15-2-8-18(23)9-3-15)24-21(26)16-4-10-19(11-5-16)25-29(27,28)20-12-6-17(22)7-13-20/h2-14,25H,1H3,(H,24,26)/t14-/m0/s1. The molecule has 8 heteroatoms. The maximum absolute atomic E-state index is 13.0. The molecule has 0 fully saturated rings. The van der Waals surface area contributed by atoms with Crippen molar-refractivity contribution < 1.29 is 17.6 Å². The molecule has 0 aliphatic heterocycles. The topological polar surface area (TPSA) is 75.3 Å². The van der Waals surface area contributed by atoms with Gasteiger partial charge >= 0.3 is 0 Å². The minimum absolute atomic E-state index is 0.0804. The lowest BCUT2D eigenvalue weighted by Crippen LogP contribution is -2.26. The molecule has 5 nitrogen and oxygen atoms in total. The van der Waals surface area contributed by atoms with E-state index in [1.807, 2.05) is 0 Å². The molecule has 150 valence electrons. The van der Waals surface area contributed by atoms with Crippen molar-refractivity contribution in [2.24, 2.45) is 0 Å². The number of benzene rings is 3. The largest absolute Gasteiger partial charge is 0.346 e. The Hall–Kier alpha value is -2.90. The van der Waals surface area contributed by atoms with Crippen LogP contribution < -0.4 is 10.0 Å². The summed E-state index contributed by atoms with van der Waals surface area (Å²) in [6.07, 6.45) is 0. The van der Waals surface area contributed by atoms with E-state index in [2.05, 4.69) is 10.0 Å². The van der Waals surface area contributed by atoms with Crippen LogP contribution in [-0.4, -0.2) is 14.3 Å². The van der Waals surface area contributed by atoms with Crippen molar-refractivity contribution in [2.45, 2.75) is 17.9 Å². The highest BCUT2D eigenvalue weighted by Gasteiger charge is 2.15. The van der Waals surface area contributed by atoms with Crippen LogP contribution in [0.3, 0.4) is 0 Å². The minimum atomic E-state index is -3.76. The van der Waals surface area contributed by atoms with Gasteiger partial charge in [0.1, 0.15) is 5.82 Å². The van der Waals surface area contributed by atoms with E-state index in [1.54, 1.807) is 19.1 Å². The zero-order valence-electron chi connectivity index (χ0n) is 15.4. The summed E-state index contributed by atoms with van der Waals surface area (Å²) in [5.41, 5.74) is 1.46. The number of carbonyl (C=O) groups excluding carboxylic acids is 1.